The summed E-state index contributed by atoms with van der Waals surface area (Å²) in [5.74, 6) is 0.200. The second-order valence-corrected chi connectivity index (χ2v) is 5.62. The predicted octanol–water partition coefficient (Wildman–Crippen LogP) is 3.65. The van der Waals surface area contributed by atoms with Crippen molar-refractivity contribution in [1.29, 1.82) is 0 Å². The standard InChI is InChI=1S/C12H19F6NO/c1-6(2)7-3-4-8(19)9(5-7)20-10(11(13,14)15)12(16,17)18/h6-10H,3-5,19H2,1-2H3. The van der Waals surface area contributed by atoms with Crippen molar-refractivity contribution >= 4 is 0 Å². The molecule has 0 amide bonds. The molecule has 3 unspecified atom stereocenters. The fourth-order valence-corrected chi connectivity index (χ4v) is 2.46. The van der Waals surface area contributed by atoms with Crippen molar-refractivity contribution in [2.45, 2.75) is 63.7 Å². The zero-order valence-electron chi connectivity index (χ0n) is 11.3. The highest BCUT2D eigenvalue weighted by molar-refractivity contribution is 4.87. The first kappa shape index (κ1) is 17.6. The fourth-order valence-electron chi connectivity index (χ4n) is 2.46. The molecule has 0 aromatic rings. The van der Waals surface area contributed by atoms with Crippen LogP contribution in [0, 0.1) is 11.8 Å². The maximum atomic E-state index is 12.5. The second-order valence-electron chi connectivity index (χ2n) is 5.62. The van der Waals surface area contributed by atoms with Gasteiger partial charge in [0, 0.05) is 6.04 Å². The molecule has 0 heterocycles. The quantitative estimate of drug-likeness (QED) is 0.808. The van der Waals surface area contributed by atoms with E-state index in [0.717, 1.165) is 0 Å². The molecular formula is C12H19F6NO. The van der Waals surface area contributed by atoms with Gasteiger partial charge in [0.1, 0.15) is 0 Å². The van der Waals surface area contributed by atoms with Crippen molar-refractivity contribution in [3.8, 4) is 0 Å². The van der Waals surface area contributed by atoms with E-state index in [0.29, 0.717) is 12.8 Å². The normalized spacial score (nSPS) is 29.2. The van der Waals surface area contributed by atoms with Gasteiger partial charge in [-0.05, 0) is 31.1 Å². The van der Waals surface area contributed by atoms with Gasteiger partial charge in [-0.25, -0.2) is 0 Å². The molecule has 20 heavy (non-hydrogen) atoms. The summed E-state index contributed by atoms with van der Waals surface area (Å²) in [5, 5.41) is 0. The molecule has 0 aromatic carbocycles. The van der Waals surface area contributed by atoms with Crippen LogP contribution in [-0.2, 0) is 4.74 Å². The van der Waals surface area contributed by atoms with E-state index < -0.39 is 30.6 Å². The number of nitrogens with two attached hydrogens (primary N) is 1. The van der Waals surface area contributed by atoms with Gasteiger partial charge in [0.15, 0.2) is 0 Å². The fraction of sp³-hybridized carbons (Fsp3) is 1.00. The van der Waals surface area contributed by atoms with Gasteiger partial charge < -0.3 is 10.5 Å². The lowest BCUT2D eigenvalue weighted by molar-refractivity contribution is -0.334. The zero-order valence-corrected chi connectivity index (χ0v) is 11.3. The summed E-state index contributed by atoms with van der Waals surface area (Å²) in [6.07, 6.45) is -14.8. The van der Waals surface area contributed by atoms with Crippen LogP contribution < -0.4 is 5.73 Å². The molecule has 0 radical (unpaired) electrons. The molecule has 0 aliphatic heterocycles. The predicted molar refractivity (Wildman–Crippen MR) is 60.9 cm³/mol. The highest BCUT2D eigenvalue weighted by atomic mass is 19.4. The van der Waals surface area contributed by atoms with E-state index in [1.165, 1.54) is 0 Å². The zero-order chi connectivity index (χ0) is 15.7. The maximum Gasteiger partial charge on any atom is 0.423 e. The Bertz CT molecular complexity index is 300. The molecule has 1 rings (SSSR count). The van der Waals surface area contributed by atoms with Crippen LogP contribution in [0.3, 0.4) is 0 Å². The van der Waals surface area contributed by atoms with Crippen molar-refractivity contribution in [2.24, 2.45) is 17.6 Å². The van der Waals surface area contributed by atoms with Gasteiger partial charge in [0.2, 0.25) is 6.10 Å². The third-order valence-corrected chi connectivity index (χ3v) is 3.73. The van der Waals surface area contributed by atoms with E-state index >= 15 is 0 Å². The number of hydrogen-bond donors (Lipinski definition) is 1. The third-order valence-electron chi connectivity index (χ3n) is 3.73. The highest BCUT2D eigenvalue weighted by Gasteiger charge is 2.59. The van der Waals surface area contributed by atoms with E-state index in [1.807, 2.05) is 13.8 Å². The van der Waals surface area contributed by atoms with E-state index in [1.54, 1.807) is 0 Å². The minimum atomic E-state index is -5.48. The Morgan fingerprint density at radius 3 is 1.90 bits per heavy atom. The Morgan fingerprint density at radius 1 is 1.00 bits per heavy atom. The van der Waals surface area contributed by atoms with Crippen LogP contribution in [0.5, 0.6) is 0 Å². The molecule has 8 heteroatoms. The second kappa shape index (κ2) is 6.09. The summed E-state index contributed by atoms with van der Waals surface area (Å²) in [6.45, 7) is 3.76. The number of ether oxygens (including phenoxy) is 1. The molecule has 3 atom stereocenters. The summed E-state index contributed by atoms with van der Waals surface area (Å²) in [7, 11) is 0. The van der Waals surface area contributed by atoms with Crippen LogP contribution in [0.1, 0.15) is 33.1 Å². The average molecular weight is 307 g/mol. The van der Waals surface area contributed by atoms with E-state index in [9.17, 15) is 26.3 Å². The molecule has 1 aliphatic carbocycles. The molecule has 0 spiro atoms. The molecule has 120 valence electrons. The Hall–Kier alpha value is -0.500. The maximum absolute atomic E-state index is 12.5. The summed E-state index contributed by atoms with van der Waals surface area (Å²) >= 11 is 0. The van der Waals surface area contributed by atoms with Gasteiger partial charge in [0.05, 0.1) is 6.10 Å². The molecule has 1 saturated carbocycles. The summed E-state index contributed by atoms with van der Waals surface area (Å²) in [4.78, 5) is 0. The topological polar surface area (TPSA) is 35.2 Å². The summed E-state index contributed by atoms with van der Waals surface area (Å²) in [5.41, 5.74) is 5.62. The van der Waals surface area contributed by atoms with Crippen molar-refractivity contribution in [2.75, 3.05) is 0 Å². The van der Waals surface area contributed by atoms with Crippen molar-refractivity contribution < 1.29 is 31.1 Å². The molecule has 1 aliphatic rings. The molecule has 0 saturated heterocycles. The lowest BCUT2D eigenvalue weighted by atomic mass is 9.78. The third kappa shape index (κ3) is 4.51. The minimum Gasteiger partial charge on any atom is -0.356 e. The first-order valence-electron chi connectivity index (χ1n) is 6.47. The van der Waals surface area contributed by atoms with Gasteiger partial charge >= 0.3 is 12.4 Å². The minimum absolute atomic E-state index is 0.0296. The van der Waals surface area contributed by atoms with Gasteiger partial charge in [-0.15, -0.1) is 0 Å². The first-order valence-corrected chi connectivity index (χ1v) is 6.47. The number of halogens is 6. The number of rotatable bonds is 3. The monoisotopic (exact) mass is 307 g/mol. The largest absolute Gasteiger partial charge is 0.423 e. The van der Waals surface area contributed by atoms with Gasteiger partial charge in [-0.3, -0.25) is 0 Å². The average Bonchev–Trinajstić information content (AvgIpc) is 2.24. The van der Waals surface area contributed by atoms with Crippen LogP contribution in [0.2, 0.25) is 0 Å². The highest BCUT2D eigenvalue weighted by Crippen LogP contribution is 2.39. The Labute approximate surface area is 113 Å². The Kier molecular flexibility index (Phi) is 5.34. The van der Waals surface area contributed by atoms with Gasteiger partial charge in [-0.1, -0.05) is 13.8 Å². The molecule has 2 nitrogen and oxygen atoms in total. The molecular weight excluding hydrogens is 288 g/mol. The van der Waals surface area contributed by atoms with E-state index in [-0.39, 0.29) is 18.3 Å². The van der Waals surface area contributed by atoms with E-state index in [4.69, 9.17) is 5.73 Å². The molecule has 2 N–H and O–H groups in total. The molecule has 0 bridgehead atoms. The Balaban J connectivity index is 2.81. The van der Waals surface area contributed by atoms with Crippen LogP contribution >= 0.6 is 0 Å². The SMILES string of the molecule is CC(C)C1CCC(N)C(OC(C(F)(F)F)C(F)(F)F)C1. The smallest absolute Gasteiger partial charge is 0.356 e. The summed E-state index contributed by atoms with van der Waals surface area (Å²) in [6, 6.07) is -0.794. The van der Waals surface area contributed by atoms with Crippen LogP contribution in [-0.4, -0.2) is 30.6 Å². The lowest BCUT2D eigenvalue weighted by Crippen LogP contribution is -2.52. The number of hydrogen-bond acceptors (Lipinski definition) is 2. The van der Waals surface area contributed by atoms with Crippen molar-refractivity contribution in [3.63, 3.8) is 0 Å². The van der Waals surface area contributed by atoms with Crippen molar-refractivity contribution in [1.82, 2.24) is 0 Å². The molecule has 1 fully saturated rings. The first-order chi connectivity index (χ1) is 8.93. The van der Waals surface area contributed by atoms with Crippen LogP contribution in [0.25, 0.3) is 0 Å². The van der Waals surface area contributed by atoms with Crippen LogP contribution in [0.15, 0.2) is 0 Å². The lowest BCUT2D eigenvalue weighted by Gasteiger charge is -2.38. The van der Waals surface area contributed by atoms with Gasteiger partial charge in [0.25, 0.3) is 0 Å². The van der Waals surface area contributed by atoms with Gasteiger partial charge in [-0.2, -0.15) is 26.3 Å². The van der Waals surface area contributed by atoms with Crippen LogP contribution in [0.4, 0.5) is 26.3 Å². The number of alkyl halides is 6. The van der Waals surface area contributed by atoms with Crippen molar-refractivity contribution in [3.05, 3.63) is 0 Å². The van der Waals surface area contributed by atoms with E-state index in [2.05, 4.69) is 4.74 Å². The molecule has 0 aromatic heterocycles. The Morgan fingerprint density at radius 2 is 1.50 bits per heavy atom. The summed E-state index contributed by atoms with van der Waals surface area (Å²) < 4.78 is 79.1.